The van der Waals surface area contributed by atoms with Crippen LogP contribution in [0.3, 0.4) is 0 Å². The van der Waals surface area contributed by atoms with Crippen LogP contribution in [-0.4, -0.2) is 50.4 Å². The molecule has 2 aromatic carbocycles. The van der Waals surface area contributed by atoms with Gasteiger partial charge in [-0.1, -0.05) is 24.3 Å². The highest BCUT2D eigenvalue weighted by Crippen LogP contribution is 2.45. The average molecular weight is 428 g/mol. The summed E-state index contributed by atoms with van der Waals surface area (Å²) in [7, 11) is 8.34. The van der Waals surface area contributed by atoms with Crippen molar-refractivity contribution in [2.24, 2.45) is 0 Å². The van der Waals surface area contributed by atoms with Crippen LogP contribution in [0.1, 0.15) is 31.9 Å². The van der Waals surface area contributed by atoms with Crippen LogP contribution in [0.15, 0.2) is 52.8 Å². The molecule has 5 heteroatoms. The first-order valence-corrected chi connectivity index (χ1v) is 11.9. The fraction of sp³-hybridized carbons (Fsp3) is 0.417. The lowest BCUT2D eigenvalue weighted by Gasteiger charge is -2.38. The highest BCUT2D eigenvalue weighted by Gasteiger charge is 2.27. The Balaban J connectivity index is 2.00. The first-order chi connectivity index (χ1) is 13.7. The molecule has 1 aliphatic rings. The van der Waals surface area contributed by atoms with Gasteiger partial charge in [0.1, 0.15) is 0 Å². The van der Waals surface area contributed by atoms with E-state index in [9.17, 15) is 0 Å². The maximum atomic E-state index is 2.54. The molecule has 1 heterocycles. The van der Waals surface area contributed by atoms with Crippen LogP contribution in [-0.2, 0) is 0 Å². The van der Waals surface area contributed by atoms with E-state index in [-0.39, 0.29) is 5.54 Å². The Morgan fingerprint density at radius 1 is 0.724 bits per heavy atom. The third-order valence-corrected chi connectivity index (χ3v) is 7.72. The molecule has 0 aromatic heterocycles. The van der Waals surface area contributed by atoms with Gasteiger partial charge in [-0.15, -0.1) is 23.5 Å². The highest BCUT2D eigenvalue weighted by molar-refractivity contribution is 8.23. The molecule has 0 spiro atoms. The van der Waals surface area contributed by atoms with Gasteiger partial charge in [-0.05, 0) is 56.2 Å². The molecule has 0 atom stereocenters. The molecule has 29 heavy (non-hydrogen) atoms. The summed E-state index contributed by atoms with van der Waals surface area (Å²) < 4.78 is 1.42. The zero-order valence-electron chi connectivity index (χ0n) is 18.7. The predicted molar refractivity (Wildman–Crippen MR) is 134 cm³/mol. The van der Waals surface area contributed by atoms with Gasteiger partial charge in [-0.2, -0.15) is 0 Å². The van der Waals surface area contributed by atoms with Gasteiger partial charge in [0.05, 0.1) is 16.0 Å². The molecule has 0 radical (unpaired) electrons. The van der Waals surface area contributed by atoms with Crippen molar-refractivity contribution < 1.29 is 0 Å². The fourth-order valence-electron chi connectivity index (χ4n) is 3.14. The SMILES string of the molecule is CN(C)c1ccc(C(=C2SCN(C(C)(C)C)CS2)c2ccc(N(C)C)cc2)cc1. The predicted octanol–water partition coefficient (Wildman–Crippen LogP) is 6.03. The molecule has 0 N–H and O–H groups in total. The molecule has 1 fully saturated rings. The van der Waals surface area contributed by atoms with Crippen LogP contribution < -0.4 is 9.80 Å². The summed E-state index contributed by atoms with van der Waals surface area (Å²) in [6, 6.07) is 17.9. The van der Waals surface area contributed by atoms with Crippen LogP contribution in [0.5, 0.6) is 0 Å². The van der Waals surface area contributed by atoms with Crippen LogP contribution in [0.4, 0.5) is 11.4 Å². The van der Waals surface area contributed by atoms with E-state index >= 15 is 0 Å². The summed E-state index contributed by atoms with van der Waals surface area (Å²) in [6.45, 7) is 6.89. The molecule has 0 saturated carbocycles. The lowest BCUT2D eigenvalue weighted by Crippen LogP contribution is -2.42. The zero-order chi connectivity index (χ0) is 21.2. The van der Waals surface area contributed by atoms with Crippen molar-refractivity contribution in [1.82, 2.24) is 4.90 Å². The minimum absolute atomic E-state index is 0.201. The van der Waals surface area contributed by atoms with E-state index in [4.69, 9.17) is 0 Å². The molecule has 2 aromatic rings. The molecule has 0 bridgehead atoms. The molecule has 0 unspecified atom stereocenters. The monoisotopic (exact) mass is 427 g/mol. The van der Waals surface area contributed by atoms with Crippen molar-refractivity contribution in [3.63, 3.8) is 0 Å². The summed E-state index contributed by atoms with van der Waals surface area (Å²) in [5, 5.41) is 0. The van der Waals surface area contributed by atoms with Gasteiger partial charge in [0.15, 0.2) is 0 Å². The van der Waals surface area contributed by atoms with Gasteiger partial charge in [-0.3, -0.25) is 4.90 Å². The molecular weight excluding hydrogens is 394 g/mol. The van der Waals surface area contributed by atoms with Gasteiger partial charge < -0.3 is 9.80 Å². The quantitative estimate of drug-likeness (QED) is 0.587. The van der Waals surface area contributed by atoms with E-state index in [0.717, 1.165) is 11.8 Å². The van der Waals surface area contributed by atoms with Crippen LogP contribution in [0.25, 0.3) is 5.57 Å². The summed E-state index contributed by atoms with van der Waals surface area (Å²) in [5.41, 5.74) is 6.57. The third-order valence-electron chi connectivity index (χ3n) is 5.20. The minimum atomic E-state index is 0.201. The number of nitrogens with zero attached hydrogens (tertiary/aromatic N) is 3. The molecule has 1 aliphatic heterocycles. The van der Waals surface area contributed by atoms with E-state index in [2.05, 4.69) is 112 Å². The summed E-state index contributed by atoms with van der Waals surface area (Å²) in [6.07, 6.45) is 0. The molecule has 1 saturated heterocycles. The van der Waals surface area contributed by atoms with Crippen molar-refractivity contribution in [1.29, 1.82) is 0 Å². The maximum Gasteiger partial charge on any atom is 0.0511 e. The number of anilines is 2. The minimum Gasteiger partial charge on any atom is -0.378 e. The van der Waals surface area contributed by atoms with E-state index in [1.165, 1.54) is 32.3 Å². The zero-order valence-corrected chi connectivity index (χ0v) is 20.3. The van der Waals surface area contributed by atoms with E-state index in [1.807, 2.05) is 23.5 Å². The van der Waals surface area contributed by atoms with Crippen LogP contribution in [0, 0.1) is 0 Å². The first-order valence-electron chi connectivity index (χ1n) is 9.97. The van der Waals surface area contributed by atoms with Gasteiger partial charge >= 0.3 is 0 Å². The standard InChI is InChI=1S/C24H33N3S2/c1-24(2,3)27-16-28-23(29-17-27)22(18-8-12-20(13-9-18)25(4)5)19-10-14-21(15-11-19)26(6)7/h8-15H,16-17H2,1-7H3. The Morgan fingerprint density at radius 2 is 1.10 bits per heavy atom. The Hall–Kier alpha value is -1.56. The number of benzene rings is 2. The number of thioether (sulfide) groups is 2. The van der Waals surface area contributed by atoms with E-state index < -0.39 is 0 Å². The topological polar surface area (TPSA) is 9.72 Å². The summed E-state index contributed by atoms with van der Waals surface area (Å²) in [5.74, 6) is 2.06. The molecule has 0 amide bonds. The van der Waals surface area contributed by atoms with Crippen molar-refractivity contribution in [3.05, 3.63) is 63.9 Å². The van der Waals surface area contributed by atoms with E-state index in [1.54, 1.807) is 0 Å². The van der Waals surface area contributed by atoms with Gasteiger partial charge in [0.2, 0.25) is 0 Å². The molecule has 3 rings (SSSR count). The normalized spacial score (nSPS) is 15.3. The maximum absolute atomic E-state index is 2.54. The summed E-state index contributed by atoms with van der Waals surface area (Å²) >= 11 is 3.93. The van der Waals surface area contributed by atoms with E-state index in [0.29, 0.717) is 0 Å². The van der Waals surface area contributed by atoms with Crippen LogP contribution in [0.2, 0.25) is 0 Å². The third kappa shape index (κ3) is 5.33. The van der Waals surface area contributed by atoms with Crippen molar-refractivity contribution in [3.8, 4) is 0 Å². The number of rotatable bonds is 4. The Bertz CT molecular complexity index is 784. The first kappa shape index (κ1) is 22.1. The highest BCUT2D eigenvalue weighted by atomic mass is 32.2. The Morgan fingerprint density at radius 3 is 1.41 bits per heavy atom. The second kappa shape index (κ2) is 9.07. The van der Waals surface area contributed by atoms with Crippen molar-refractivity contribution >= 4 is 40.5 Å². The molecule has 0 aliphatic carbocycles. The van der Waals surface area contributed by atoms with Crippen LogP contribution >= 0.6 is 23.5 Å². The number of hydrogen-bond acceptors (Lipinski definition) is 5. The van der Waals surface area contributed by atoms with Crippen molar-refractivity contribution in [2.45, 2.75) is 26.3 Å². The van der Waals surface area contributed by atoms with Gasteiger partial charge in [0.25, 0.3) is 0 Å². The average Bonchev–Trinajstić information content (AvgIpc) is 2.69. The second-order valence-electron chi connectivity index (χ2n) is 8.80. The molecular formula is C24H33N3S2. The van der Waals surface area contributed by atoms with Gasteiger partial charge in [-0.25, -0.2) is 0 Å². The largest absolute Gasteiger partial charge is 0.378 e. The molecule has 156 valence electrons. The Kier molecular flexibility index (Phi) is 6.92. The molecule has 3 nitrogen and oxygen atoms in total. The lowest BCUT2D eigenvalue weighted by molar-refractivity contribution is 0.198. The fourth-order valence-corrected chi connectivity index (χ4v) is 6.17. The van der Waals surface area contributed by atoms with Gasteiger partial charge in [0, 0.05) is 50.7 Å². The smallest absolute Gasteiger partial charge is 0.0511 e. The Labute approximate surface area is 185 Å². The van der Waals surface area contributed by atoms with Crippen molar-refractivity contribution in [2.75, 3.05) is 49.7 Å². The lowest BCUT2D eigenvalue weighted by atomic mass is 9.99. The number of hydrogen-bond donors (Lipinski definition) is 0. The summed E-state index contributed by atoms with van der Waals surface area (Å²) in [4.78, 5) is 6.83. The second-order valence-corrected chi connectivity index (χ2v) is 11.0.